The van der Waals surface area contributed by atoms with E-state index in [2.05, 4.69) is 11.2 Å². The van der Waals surface area contributed by atoms with Crippen molar-refractivity contribution < 1.29 is 4.39 Å². The normalized spacial score (nSPS) is 10.6. The van der Waals surface area contributed by atoms with E-state index in [0.29, 0.717) is 22.0 Å². The number of nitrogen functional groups attached to an aromatic ring is 1. The summed E-state index contributed by atoms with van der Waals surface area (Å²) in [6, 6.07) is 11.9. The summed E-state index contributed by atoms with van der Waals surface area (Å²) in [6.45, 7) is 3.74. The Morgan fingerprint density at radius 1 is 1.21 bits per heavy atom. The van der Waals surface area contributed by atoms with Crippen LogP contribution in [0.4, 0.5) is 10.2 Å². The van der Waals surface area contributed by atoms with E-state index < -0.39 is 5.82 Å². The average Bonchev–Trinajstić information content (AvgIpc) is 2.86. The van der Waals surface area contributed by atoms with E-state index in [1.54, 1.807) is 18.2 Å². The Hall–Kier alpha value is -2.84. The molecule has 1 heterocycles. The van der Waals surface area contributed by atoms with Crippen molar-refractivity contribution in [1.82, 2.24) is 9.78 Å². The quantitative estimate of drug-likeness (QED) is 0.751. The summed E-state index contributed by atoms with van der Waals surface area (Å²) in [5.41, 5.74) is 9.56. The number of nitrogens with two attached hydrogens (primary N) is 1. The van der Waals surface area contributed by atoms with Gasteiger partial charge in [0, 0.05) is 5.56 Å². The van der Waals surface area contributed by atoms with Gasteiger partial charge in [-0.15, -0.1) is 0 Å². The topological polar surface area (TPSA) is 67.6 Å². The number of anilines is 1. The van der Waals surface area contributed by atoms with E-state index in [4.69, 9.17) is 17.3 Å². The van der Waals surface area contributed by atoms with Crippen molar-refractivity contribution in [2.24, 2.45) is 0 Å². The van der Waals surface area contributed by atoms with Gasteiger partial charge in [-0.05, 0) is 43.2 Å². The molecule has 0 aliphatic carbocycles. The minimum Gasteiger partial charge on any atom is -0.382 e. The first-order valence-corrected chi connectivity index (χ1v) is 7.62. The van der Waals surface area contributed by atoms with E-state index in [0.717, 1.165) is 11.1 Å². The first-order chi connectivity index (χ1) is 11.4. The van der Waals surface area contributed by atoms with Crippen molar-refractivity contribution in [3.05, 3.63) is 63.9 Å². The monoisotopic (exact) mass is 340 g/mol. The lowest BCUT2D eigenvalue weighted by atomic mass is 10.1. The Balaban J connectivity index is 2.27. The van der Waals surface area contributed by atoms with E-state index in [1.165, 1.54) is 16.8 Å². The molecule has 3 aromatic rings. The second kappa shape index (κ2) is 5.99. The smallest absolute Gasteiger partial charge is 0.145 e. The molecule has 0 unspecified atom stereocenters. The Bertz CT molecular complexity index is 985. The molecule has 6 heteroatoms. The van der Waals surface area contributed by atoms with E-state index in [1.807, 2.05) is 19.9 Å². The minimum absolute atomic E-state index is 0.151. The van der Waals surface area contributed by atoms with Gasteiger partial charge in [-0.25, -0.2) is 9.07 Å². The molecule has 24 heavy (non-hydrogen) atoms. The van der Waals surface area contributed by atoms with Crippen molar-refractivity contribution in [1.29, 1.82) is 5.26 Å². The lowest BCUT2D eigenvalue weighted by Gasteiger charge is -2.07. The number of nitriles is 1. The molecule has 1 aromatic heterocycles. The predicted molar refractivity (Wildman–Crippen MR) is 92.6 cm³/mol. The number of hydrogen-bond acceptors (Lipinski definition) is 3. The van der Waals surface area contributed by atoms with E-state index in [-0.39, 0.29) is 11.4 Å². The number of halogens is 2. The molecular formula is C18H14ClFN4. The molecular weight excluding hydrogens is 327 g/mol. The molecule has 0 aliphatic heterocycles. The highest BCUT2D eigenvalue weighted by Gasteiger charge is 2.20. The van der Waals surface area contributed by atoms with Crippen LogP contribution in [0.25, 0.3) is 16.9 Å². The third-order valence-corrected chi connectivity index (χ3v) is 4.12. The van der Waals surface area contributed by atoms with Crippen LogP contribution in [-0.4, -0.2) is 9.78 Å². The molecule has 0 radical (unpaired) electrons. The van der Waals surface area contributed by atoms with E-state index >= 15 is 0 Å². The maximum atomic E-state index is 13.6. The van der Waals surface area contributed by atoms with Crippen LogP contribution in [0.2, 0.25) is 5.02 Å². The maximum absolute atomic E-state index is 13.6. The molecule has 0 spiro atoms. The van der Waals surface area contributed by atoms with Gasteiger partial charge in [0.2, 0.25) is 0 Å². The van der Waals surface area contributed by atoms with Crippen LogP contribution in [0.15, 0.2) is 36.4 Å². The third-order valence-electron chi connectivity index (χ3n) is 3.81. The van der Waals surface area contributed by atoms with Gasteiger partial charge in [0.05, 0.1) is 10.7 Å². The zero-order valence-corrected chi connectivity index (χ0v) is 13.9. The van der Waals surface area contributed by atoms with Crippen LogP contribution in [0.3, 0.4) is 0 Å². The number of hydrogen-bond donors (Lipinski definition) is 1. The van der Waals surface area contributed by atoms with Gasteiger partial charge in [0.25, 0.3) is 0 Å². The number of aromatic nitrogens is 2. The van der Waals surface area contributed by atoms with Crippen molar-refractivity contribution in [2.75, 3.05) is 5.73 Å². The highest BCUT2D eigenvalue weighted by Crippen LogP contribution is 2.34. The largest absolute Gasteiger partial charge is 0.382 e. The fourth-order valence-corrected chi connectivity index (χ4v) is 2.86. The Labute approximate surface area is 143 Å². The summed E-state index contributed by atoms with van der Waals surface area (Å²) in [5, 5.41) is 14.4. The lowest BCUT2D eigenvalue weighted by molar-refractivity contribution is 0.625. The molecule has 0 aliphatic rings. The van der Waals surface area contributed by atoms with Gasteiger partial charge >= 0.3 is 0 Å². The standard InChI is InChI=1S/C18H14ClFN4/c1-10-3-6-13(15(19)7-10)17-14(9-21)18(22)24(23-17)16-8-12(20)5-4-11(16)2/h3-8H,22H2,1-2H3. The molecule has 0 saturated heterocycles. The second-order valence-electron chi connectivity index (χ2n) is 5.55. The van der Waals surface area contributed by atoms with Crippen LogP contribution < -0.4 is 5.73 Å². The molecule has 2 N–H and O–H groups in total. The van der Waals surface area contributed by atoms with Gasteiger partial charge < -0.3 is 5.73 Å². The van der Waals surface area contributed by atoms with Gasteiger partial charge in [-0.2, -0.15) is 10.4 Å². The fraction of sp³-hybridized carbons (Fsp3) is 0.111. The third kappa shape index (κ3) is 2.61. The maximum Gasteiger partial charge on any atom is 0.145 e. The molecule has 4 nitrogen and oxygen atoms in total. The molecule has 2 aromatic carbocycles. The molecule has 0 amide bonds. The summed E-state index contributed by atoms with van der Waals surface area (Å²) in [6.07, 6.45) is 0. The lowest BCUT2D eigenvalue weighted by Crippen LogP contribution is -2.04. The molecule has 0 atom stereocenters. The summed E-state index contributed by atoms with van der Waals surface area (Å²) < 4.78 is 15.0. The summed E-state index contributed by atoms with van der Waals surface area (Å²) in [4.78, 5) is 0. The number of rotatable bonds is 2. The molecule has 0 fully saturated rings. The van der Waals surface area contributed by atoms with Gasteiger partial charge in [-0.3, -0.25) is 0 Å². The van der Waals surface area contributed by atoms with Gasteiger partial charge in [0.1, 0.15) is 29.0 Å². The highest BCUT2D eigenvalue weighted by atomic mass is 35.5. The van der Waals surface area contributed by atoms with Gasteiger partial charge in [-0.1, -0.05) is 29.8 Å². The molecule has 0 saturated carbocycles. The van der Waals surface area contributed by atoms with Crippen LogP contribution in [0.1, 0.15) is 16.7 Å². The second-order valence-corrected chi connectivity index (χ2v) is 5.95. The first kappa shape index (κ1) is 16.0. The predicted octanol–water partition coefficient (Wildman–Crippen LogP) is 4.40. The van der Waals surface area contributed by atoms with Crippen LogP contribution in [0, 0.1) is 31.0 Å². The average molecular weight is 341 g/mol. The van der Waals surface area contributed by atoms with Crippen molar-refractivity contribution in [2.45, 2.75) is 13.8 Å². The SMILES string of the molecule is Cc1ccc(-c2nn(-c3cc(F)ccc3C)c(N)c2C#N)c(Cl)c1. The van der Waals surface area contributed by atoms with Crippen molar-refractivity contribution in [3.8, 4) is 23.0 Å². The number of benzene rings is 2. The summed E-state index contributed by atoms with van der Waals surface area (Å²) in [5.74, 6) is -0.253. The zero-order chi connectivity index (χ0) is 17.4. The minimum atomic E-state index is -0.404. The van der Waals surface area contributed by atoms with E-state index in [9.17, 15) is 9.65 Å². The summed E-state index contributed by atoms with van der Waals surface area (Å²) >= 11 is 6.30. The van der Waals surface area contributed by atoms with Crippen LogP contribution in [-0.2, 0) is 0 Å². The highest BCUT2D eigenvalue weighted by molar-refractivity contribution is 6.33. The molecule has 0 bridgehead atoms. The first-order valence-electron chi connectivity index (χ1n) is 7.24. The molecule has 120 valence electrons. The Kier molecular flexibility index (Phi) is 4.00. The Morgan fingerprint density at radius 2 is 1.96 bits per heavy atom. The zero-order valence-electron chi connectivity index (χ0n) is 13.1. The number of nitrogens with zero attached hydrogens (tertiary/aromatic N) is 3. The van der Waals surface area contributed by atoms with Crippen LogP contribution >= 0.6 is 11.6 Å². The Morgan fingerprint density at radius 3 is 2.62 bits per heavy atom. The number of aryl methyl sites for hydroxylation is 2. The van der Waals surface area contributed by atoms with Crippen molar-refractivity contribution >= 4 is 17.4 Å². The van der Waals surface area contributed by atoms with Gasteiger partial charge in [0.15, 0.2) is 0 Å². The molecule has 3 rings (SSSR count). The van der Waals surface area contributed by atoms with Crippen LogP contribution in [0.5, 0.6) is 0 Å². The summed E-state index contributed by atoms with van der Waals surface area (Å²) in [7, 11) is 0. The fourth-order valence-electron chi connectivity index (χ4n) is 2.54. The van der Waals surface area contributed by atoms with Crippen molar-refractivity contribution in [3.63, 3.8) is 0 Å².